The number of aryl methyl sites for hydroxylation is 1. The number of rotatable bonds is 4. The maximum Gasteiger partial charge on any atom is 0.254 e. The van der Waals surface area contributed by atoms with Crippen LogP contribution in [0.25, 0.3) is 0 Å². The lowest BCUT2D eigenvalue weighted by molar-refractivity contribution is 0.0746. The van der Waals surface area contributed by atoms with Gasteiger partial charge >= 0.3 is 0 Å². The quantitative estimate of drug-likeness (QED) is 0.811. The molecule has 0 unspecified atom stereocenters. The minimum atomic E-state index is -0.0284. The molecule has 0 aliphatic carbocycles. The molecular formula is C20H22ClN5O. The summed E-state index contributed by atoms with van der Waals surface area (Å²) in [6, 6.07) is 9.31. The van der Waals surface area contributed by atoms with E-state index in [-0.39, 0.29) is 5.91 Å². The normalized spacial score (nSPS) is 14.1. The van der Waals surface area contributed by atoms with Crippen molar-refractivity contribution in [2.45, 2.75) is 26.7 Å². The largest absolute Gasteiger partial charge is 0.350 e. The lowest BCUT2D eigenvalue weighted by Gasteiger charge is -2.35. The minimum Gasteiger partial charge on any atom is -0.350 e. The smallest absolute Gasteiger partial charge is 0.254 e. The van der Waals surface area contributed by atoms with Crippen LogP contribution in [-0.4, -0.2) is 47.2 Å². The van der Waals surface area contributed by atoms with Crippen LogP contribution in [0.3, 0.4) is 0 Å². The van der Waals surface area contributed by atoms with Crippen molar-refractivity contribution in [3.63, 3.8) is 0 Å². The Balaban J connectivity index is 1.76. The van der Waals surface area contributed by atoms with Gasteiger partial charge in [-0.1, -0.05) is 31.5 Å². The number of hydrogen-bond donors (Lipinski definition) is 0. The zero-order valence-corrected chi connectivity index (χ0v) is 16.3. The molecule has 3 rings (SSSR count). The van der Waals surface area contributed by atoms with E-state index in [1.54, 1.807) is 24.3 Å². The minimum absolute atomic E-state index is 0.0284. The Labute approximate surface area is 164 Å². The number of carbonyl (C=O) groups is 1. The van der Waals surface area contributed by atoms with Gasteiger partial charge in [-0.05, 0) is 36.6 Å². The molecule has 1 aromatic carbocycles. The van der Waals surface area contributed by atoms with Crippen molar-refractivity contribution in [2.75, 3.05) is 31.1 Å². The predicted molar refractivity (Wildman–Crippen MR) is 105 cm³/mol. The van der Waals surface area contributed by atoms with Crippen LogP contribution >= 0.6 is 11.6 Å². The number of carbonyl (C=O) groups excluding carboxylic acids is 1. The van der Waals surface area contributed by atoms with Gasteiger partial charge in [0.25, 0.3) is 5.91 Å². The summed E-state index contributed by atoms with van der Waals surface area (Å²) in [6.07, 6.45) is 1.51. The number of nitriles is 1. The van der Waals surface area contributed by atoms with Gasteiger partial charge in [-0.2, -0.15) is 10.4 Å². The monoisotopic (exact) mass is 383 g/mol. The maximum absolute atomic E-state index is 12.7. The molecule has 2 heterocycles. The Bertz CT molecular complexity index is 884. The van der Waals surface area contributed by atoms with Crippen LogP contribution in [0.2, 0.25) is 5.02 Å². The molecule has 140 valence electrons. The molecule has 1 aromatic heterocycles. The number of aromatic nitrogens is 2. The Morgan fingerprint density at radius 2 is 1.93 bits per heavy atom. The fraction of sp³-hybridized carbons (Fsp3) is 0.400. The first kappa shape index (κ1) is 19.1. The molecule has 6 nitrogen and oxygen atoms in total. The van der Waals surface area contributed by atoms with E-state index in [0.717, 1.165) is 24.1 Å². The summed E-state index contributed by atoms with van der Waals surface area (Å²) < 4.78 is 0. The van der Waals surface area contributed by atoms with Crippen LogP contribution < -0.4 is 4.90 Å². The topological polar surface area (TPSA) is 73.1 Å². The van der Waals surface area contributed by atoms with Gasteiger partial charge in [-0.15, -0.1) is 5.10 Å². The molecular weight excluding hydrogens is 362 g/mol. The summed E-state index contributed by atoms with van der Waals surface area (Å²) in [6.45, 7) is 6.41. The molecule has 1 amide bonds. The van der Waals surface area contributed by atoms with Gasteiger partial charge in [-0.3, -0.25) is 4.79 Å². The first-order valence-electron chi connectivity index (χ1n) is 9.17. The van der Waals surface area contributed by atoms with Crippen molar-refractivity contribution in [3.05, 3.63) is 51.7 Å². The molecule has 2 aromatic rings. The lowest BCUT2D eigenvalue weighted by Crippen LogP contribution is -2.49. The van der Waals surface area contributed by atoms with Crippen LogP contribution in [-0.2, 0) is 12.8 Å². The Morgan fingerprint density at radius 3 is 2.52 bits per heavy atom. The van der Waals surface area contributed by atoms with E-state index < -0.39 is 0 Å². The van der Waals surface area contributed by atoms with E-state index in [2.05, 4.69) is 16.3 Å². The van der Waals surface area contributed by atoms with E-state index in [0.29, 0.717) is 48.1 Å². The molecule has 7 heteroatoms. The maximum atomic E-state index is 12.7. The first-order chi connectivity index (χ1) is 13.1. The molecule has 0 bridgehead atoms. The van der Waals surface area contributed by atoms with Crippen molar-refractivity contribution < 1.29 is 4.79 Å². The predicted octanol–water partition coefficient (Wildman–Crippen LogP) is 3.09. The van der Waals surface area contributed by atoms with Crippen LogP contribution in [0.15, 0.2) is 24.3 Å². The van der Waals surface area contributed by atoms with Crippen LogP contribution in [0.1, 0.15) is 41.0 Å². The number of halogens is 1. The van der Waals surface area contributed by atoms with Crippen molar-refractivity contribution >= 4 is 23.3 Å². The molecule has 0 spiro atoms. The Kier molecular flexibility index (Phi) is 5.92. The molecule has 1 aliphatic heterocycles. The molecule has 0 radical (unpaired) electrons. The number of amides is 1. The second-order valence-electron chi connectivity index (χ2n) is 6.43. The number of nitrogens with zero attached hydrogens (tertiary/aromatic N) is 5. The zero-order valence-electron chi connectivity index (χ0n) is 15.6. The van der Waals surface area contributed by atoms with Crippen molar-refractivity contribution in [2.24, 2.45) is 0 Å². The highest BCUT2D eigenvalue weighted by molar-refractivity contribution is 6.30. The van der Waals surface area contributed by atoms with E-state index >= 15 is 0 Å². The standard InChI is InChI=1S/C20H22ClN5O/c1-3-16-17(13-22)19(24-23-18(16)4-2)25-8-10-26(11-9-25)20(27)14-6-5-7-15(21)12-14/h5-7,12H,3-4,8-11H2,1-2H3. The highest BCUT2D eigenvalue weighted by Crippen LogP contribution is 2.24. The van der Waals surface area contributed by atoms with E-state index in [4.69, 9.17) is 11.6 Å². The average molecular weight is 384 g/mol. The molecule has 0 saturated carbocycles. The second kappa shape index (κ2) is 8.36. The average Bonchev–Trinajstić information content (AvgIpc) is 2.72. The number of piperazine rings is 1. The summed E-state index contributed by atoms with van der Waals surface area (Å²) in [5.74, 6) is 0.598. The summed E-state index contributed by atoms with van der Waals surface area (Å²) >= 11 is 5.99. The highest BCUT2D eigenvalue weighted by Gasteiger charge is 2.26. The van der Waals surface area contributed by atoms with Crippen molar-refractivity contribution in [3.8, 4) is 6.07 Å². The number of hydrogen-bond acceptors (Lipinski definition) is 5. The van der Waals surface area contributed by atoms with Crippen molar-refractivity contribution in [1.82, 2.24) is 15.1 Å². The van der Waals surface area contributed by atoms with Gasteiger partial charge in [0.15, 0.2) is 5.82 Å². The van der Waals surface area contributed by atoms with Crippen LogP contribution in [0, 0.1) is 11.3 Å². The van der Waals surface area contributed by atoms with Gasteiger partial charge in [0.05, 0.1) is 5.69 Å². The van der Waals surface area contributed by atoms with E-state index in [1.165, 1.54) is 0 Å². The summed E-state index contributed by atoms with van der Waals surface area (Å²) in [4.78, 5) is 16.5. The summed E-state index contributed by atoms with van der Waals surface area (Å²) in [7, 11) is 0. The highest BCUT2D eigenvalue weighted by atomic mass is 35.5. The van der Waals surface area contributed by atoms with E-state index in [1.807, 2.05) is 23.6 Å². The molecule has 1 aliphatic rings. The van der Waals surface area contributed by atoms with Gasteiger partial charge in [0, 0.05) is 36.8 Å². The fourth-order valence-electron chi connectivity index (χ4n) is 3.43. The molecule has 0 atom stereocenters. The zero-order chi connectivity index (χ0) is 19.4. The van der Waals surface area contributed by atoms with Crippen molar-refractivity contribution in [1.29, 1.82) is 5.26 Å². The molecule has 27 heavy (non-hydrogen) atoms. The molecule has 0 N–H and O–H groups in total. The Hall–Kier alpha value is -2.65. The van der Waals surface area contributed by atoms with E-state index in [9.17, 15) is 10.1 Å². The van der Waals surface area contributed by atoms with Gasteiger partial charge in [0.2, 0.25) is 0 Å². The second-order valence-corrected chi connectivity index (χ2v) is 6.87. The van der Waals surface area contributed by atoms with Crippen LogP contribution in [0.4, 0.5) is 5.82 Å². The summed E-state index contributed by atoms with van der Waals surface area (Å²) in [5, 5.41) is 18.9. The third-order valence-electron chi connectivity index (χ3n) is 4.88. The van der Waals surface area contributed by atoms with Gasteiger partial charge < -0.3 is 9.80 Å². The molecule has 1 fully saturated rings. The van der Waals surface area contributed by atoms with Gasteiger partial charge in [0.1, 0.15) is 11.6 Å². The number of benzene rings is 1. The number of anilines is 1. The van der Waals surface area contributed by atoms with Crippen LogP contribution in [0.5, 0.6) is 0 Å². The fourth-order valence-corrected chi connectivity index (χ4v) is 3.62. The third kappa shape index (κ3) is 3.88. The lowest BCUT2D eigenvalue weighted by atomic mass is 10.0. The molecule has 1 saturated heterocycles. The third-order valence-corrected chi connectivity index (χ3v) is 5.11. The first-order valence-corrected chi connectivity index (χ1v) is 9.55. The Morgan fingerprint density at radius 1 is 1.19 bits per heavy atom. The SMILES string of the molecule is CCc1nnc(N2CCN(C(=O)c3cccc(Cl)c3)CC2)c(C#N)c1CC. The van der Waals surface area contributed by atoms with Gasteiger partial charge in [-0.25, -0.2) is 0 Å². The summed E-state index contributed by atoms with van der Waals surface area (Å²) in [5.41, 5.74) is 3.06.